The number of nitrogens with zero attached hydrogens (tertiary/aromatic N) is 1. The molecular weight excluding hydrogens is 134 g/mol. The van der Waals surface area contributed by atoms with Crippen LogP contribution in [-0.4, -0.2) is 11.9 Å². The van der Waals surface area contributed by atoms with E-state index in [9.17, 15) is 0 Å². The average molecular weight is 144 g/mol. The highest BCUT2D eigenvalue weighted by Crippen LogP contribution is 2.19. The molecule has 0 fully saturated rings. The Labute approximate surface area is 60.6 Å². The second-order valence-corrected chi connectivity index (χ2v) is 2.55. The Morgan fingerprint density at radius 1 is 1.56 bits per heavy atom. The zero-order valence-corrected chi connectivity index (χ0v) is 6.44. The van der Waals surface area contributed by atoms with Crippen LogP contribution in [0.3, 0.4) is 0 Å². The third kappa shape index (κ3) is 1.28. The predicted octanol–water partition coefficient (Wildman–Crippen LogP) is 2.31. The minimum atomic E-state index is 0.829. The number of allylic oxidation sites excluding steroid dienone is 3. The van der Waals surface area contributed by atoms with E-state index in [1.165, 1.54) is 5.70 Å². The molecule has 1 aliphatic rings. The van der Waals surface area contributed by atoms with Crippen molar-refractivity contribution in [3.63, 3.8) is 0 Å². The second-order valence-electron chi connectivity index (χ2n) is 2.17. The zero-order chi connectivity index (χ0) is 6.85. The van der Waals surface area contributed by atoms with Gasteiger partial charge in [-0.15, -0.1) is 0 Å². The van der Waals surface area contributed by atoms with E-state index in [1.54, 1.807) is 0 Å². The van der Waals surface area contributed by atoms with Crippen LogP contribution in [0.2, 0.25) is 0 Å². The van der Waals surface area contributed by atoms with E-state index in [2.05, 4.69) is 13.0 Å². The molecule has 1 nitrogen and oxygen atoms in total. The fourth-order valence-electron chi connectivity index (χ4n) is 0.769. The summed E-state index contributed by atoms with van der Waals surface area (Å²) >= 11 is 5.81. The van der Waals surface area contributed by atoms with Gasteiger partial charge >= 0.3 is 0 Å². The van der Waals surface area contributed by atoms with Crippen molar-refractivity contribution in [1.82, 2.24) is 4.90 Å². The standard InChI is InChI=1S/C7H10ClN/c1-6-4-3-5-7(8)9(6)2/h4-5H,3H2,1-2H3. The lowest BCUT2D eigenvalue weighted by molar-refractivity contribution is 0.540. The first-order valence-electron chi connectivity index (χ1n) is 2.98. The molecule has 0 spiro atoms. The van der Waals surface area contributed by atoms with Crippen LogP contribution in [0.4, 0.5) is 0 Å². The first-order valence-corrected chi connectivity index (χ1v) is 3.36. The lowest BCUT2D eigenvalue weighted by Gasteiger charge is -2.21. The third-order valence-corrected chi connectivity index (χ3v) is 1.96. The van der Waals surface area contributed by atoms with Gasteiger partial charge in [-0.3, -0.25) is 0 Å². The molecule has 0 radical (unpaired) electrons. The Balaban J connectivity index is 2.74. The van der Waals surface area contributed by atoms with Crippen LogP contribution in [0.25, 0.3) is 0 Å². The first-order chi connectivity index (χ1) is 4.22. The Morgan fingerprint density at radius 2 is 2.22 bits per heavy atom. The highest BCUT2D eigenvalue weighted by molar-refractivity contribution is 6.29. The van der Waals surface area contributed by atoms with Crippen LogP contribution >= 0.6 is 11.6 Å². The fraction of sp³-hybridized carbons (Fsp3) is 0.429. The number of hydrogen-bond acceptors (Lipinski definition) is 1. The summed E-state index contributed by atoms with van der Waals surface area (Å²) in [5.41, 5.74) is 1.22. The third-order valence-electron chi connectivity index (χ3n) is 1.55. The van der Waals surface area contributed by atoms with E-state index in [4.69, 9.17) is 11.6 Å². The zero-order valence-electron chi connectivity index (χ0n) is 5.69. The maximum absolute atomic E-state index is 5.81. The summed E-state index contributed by atoms with van der Waals surface area (Å²) in [4.78, 5) is 1.96. The summed E-state index contributed by atoms with van der Waals surface area (Å²) < 4.78 is 0. The van der Waals surface area contributed by atoms with Crippen LogP contribution in [0, 0.1) is 0 Å². The summed E-state index contributed by atoms with van der Waals surface area (Å²) in [6.07, 6.45) is 5.11. The fourth-order valence-corrected chi connectivity index (χ4v) is 0.991. The summed E-state index contributed by atoms with van der Waals surface area (Å²) in [7, 11) is 1.96. The molecule has 0 N–H and O–H groups in total. The van der Waals surface area contributed by atoms with Crippen molar-refractivity contribution < 1.29 is 0 Å². The molecule has 0 unspecified atom stereocenters. The molecule has 50 valence electrons. The summed E-state index contributed by atoms with van der Waals surface area (Å²) in [5, 5.41) is 0.829. The molecule has 1 heterocycles. The molecule has 9 heavy (non-hydrogen) atoms. The minimum absolute atomic E-state index is 0.829. The molecule has 0 saturated heterocycles. The number of halogens is 1. The maximum Gasteiger partial charge on any atom is 0.105 e. The lowest BCUT2D eigenvalue weighted by Crippen LogP contribution is -2.13. The van der Waals surface area contributed by atoms with E-state index in [-0.39, 0.29) is 0 Å². The van der Waals surface area contributed by atoms with Crippen molar-refractivity contribution in [1.29, 1.82) is 0 Å². The van der Waals surface area contributed by atoms with E-state index in [0.717, 1.165) is 11.6 Å². The van der Waals surface area contributed by atoms with Gasteiger partial charge in [0.15, 0.2) is 0 Å². The quantitative estimate of drug-likeness (QED) is 0.471. The molecule has 0 saturated carbocycles. The summed E-state index contributed by atoms with van der Waals surface area (Å²) in [6.45, 7) is 2.05. The molecule has 1 aliphatic heterocycles. The van der Waals surface area contributed by atoms with Crippen LogP contribution in [0.5, 0.6) is 0 Å². The van der Waals surface area contributed by atoms with Gasteiger partial charge in [-0.25, -0.2) is 0 Å². The molecule has 1 rings (SSSR count). The highest BCUT2D eigenvalue weighted by atomic mass is 35.5. The molecule has 0 bridgehead atoms. The Kier molecular flexibility index (Phi) is 1.81. The molecule has 0 amide bonds. The number of rotatable bonds is 0. The predicted molar refractivity (Wildman–Crippen MR) is 40.1 cm³/mol. The Hall–Kier alpha value is -0.430. The lowest BCUT2D eigenvalue weighted by atomic mass is 10.2. The summed E-state index contributed by atoms with van der Waals surface area (Å²) in [5.74, 6) is 0. The van der Waals surface area contributed by atoms with Crippen molar-refractivity contribution >= 4 is 11.6 Å². The van der Waals surface area contributed by atoms with Crippen molar-refractivity contribution in [2.75, 3.05) is 7.05 Å². The monoisotopic (exact) mass is 143 g/mol. The molecule has 2 heteroatoms. The molecule has 0 aromatic heterocycles. The van der Waals surface area contributed by atoms with E-state index in [1.807, 2.05) is 18.0 Å². The van der Waals surface area contributed by atoms with Crippen LogP contribution in [-0.2, 0) is 0 Å². The van der Waals surface area contributed by atoms with E-state index >= 15 is 0 Å². The van der Waals surface area contributed by atoms with Gasteiger partial charge in [0.1, 0.15) is 5.16 Å². The van der Waals surface area contributed by atoms with Crippen molar-refractivity contribution in [2.45, 2.75) is 13.3 Å². The number of hydrogen-bond donors (Lipinski definition) is 0. The Bertz CT molecular complexity index is 152. The van der Waals surface area contributed by atoms with Crippen molar-refractivity contribution in [2.24, 2.45) is 0 Å². The molecule has 0 aliphatic carbocycles. The largest absolute Gasteiger partial charge is 0.340 e. The SMILES string of the molecule is CC1=CCC=C(Cl)N1C. The van der Waals surface area contributed by atoms with Crippen LogP contribution in [0.1, 0.15) is 13.3 Å². The highest BCUT2D eigenvalue weighted by Gasteiger charge is 2.05. The van der Waals surface area contributed by atoms with Gasteiger partial charge in [0.05, 0.1) is 0 Å². The Morgan fingerprint density at radius 3 is 2.67 bits per heavy atom. The molecular formula is C7H10ClN. The van der Waals surface area contributed by atoms with Gasteiger partial charge in [-0.2, -0.15) is 0 Å². The normalized spacial score (nSPS) is 19.2. The average Bonchev–Trinajstić information content (AvgIpc) is 1.83. The smallest absolute Gasteiger partial charge is 0.105 e. The van der Waals surface area contributed by atoms with Gasteiger partial charge in [-0.1, -0.05) is 17.7 Å². The van der Waals surface area contributed by atoms with Gasteiger partial charge in [-0.05, 0) is 19.4 Å². The first kappa shape index (κ1) is 6.69. The molecule has 0 atom stereocenters. The molecule has 0 aromatic rings. The van der Waals surface area contributed by atoms with Crippen LogP contribution < -0.4 is 0 Å². The van der Waals surface area contributed by atoms with Gasteiger partial charge in [0.25, 0.3) is 0 Å². The van der Waals surface area contributed by atoms with Crippen molar-refractivity contribution in [3.8, 4) is 0 Å². The van der Waals surface area contributed by atoms with Gasteiger partial charge in [0.2, 0.25) is 0 Å². The van der Waals surface area contributed by atoms with E-state index in [0.29, 0.717) is 0 Å². The minimum Gasteiger partial charge on any atom is -0.340 e. The maximum atomic E-state index is 5.81. The van der Waals surface area contributed by atoms with E-state index < -0.39 is 0 Å². The molecule has 0 aromatic carbocycles. The van der Waals surface area contributed by atoms with Crippen LogP contribution in [0.15, 0.2) is 23.0 Å². The summed E-state index contributed by atoms with van der Waals surface area (Å²) in [6, 6.07) is 0. The second kappa shape index (κ2) is 2.44. The van der Waals surface area contributed by atoms with Gasteiger partial charge < -0.3 is 4.90 Å². The topological polar surface area (TPSA) is 3.24 Å². The van der Waals surface area contributed by atoms with Crippen molar-refractivity contribution in [3.05, 3.63) is 23.0 Å². The van der Waals surface area contributed by atoms with Gasteiger partial charge in [0, 0.05) is 12.7 Å².